The molecule has 0 fully saturated rings. The van der Waals surface area contributed by atoms with E-state index in [9.17, 15) is 13.2 Å². The largest absolute Gasteiger partial charge is 0.389 e. The number of halogens is 3. The summed E-state index contributed by atoms with van der Waals surface area (Å²) in [5.41, 5.74) is 0.898. The predicted octanol–water partition coefficient (Wildman–Crippen LogP) is 3.44. The molecule has 0 aliphatic carbocycles. The van der Waals surface area contributed by atoms with Gasteiger partial charge in [-0.15, -0.1) is 11.3 Å². The van der Waals surface area contributed by atoms with Gasteiger partial charge in [0.2, 0.25) is 0 Å². The van der Waals surface area contributed by atoms with Crippen LogP contribution in [0.2, 0.25) is 0 Å². The quantitative estimate of drug-likeness (QED) is 0.812. The minimum absolute atomic E-state index is 0.0122. The zero-order valence-electron chi connectivity index (χ0n) is 9.27. The van der Waals surface area contributed by atoms with E-state index in [1.807, 2.05) is 19.2 Å². The Kier molecular flexibility index (Phi) is 4.73. The average Bonchev–Trinajstić information content (AvgIpc) is 2.57. The molecule has 1 rings (SSSR count). The van der Waals surface area contributed by atoms with Gasteiger partial charge in [0.05, 0.1) is 10.7 Å². The smallest absolute Gasteiger partial charge is 0.309 e. The van der Waals surface area contributed by atoms with E-state index in [1.54, 1.807) is 11.3 Å². The molecule has 92 valence electrons. The summed E-state index contributed by atoms with van der Waals surface area (Å²) in [6, 6.07) is 0.0122. The fraction of sp³-hybridized carbons (Fsp3) is 0.700. The molecule has 0 aliphatic rings. The lowest BCUT2D eigenvalue weighted by Crippen LogP contribution is -2.21. The van der Waals surface area contributed by atoms with E-state index < -0.39 is 12.6 Å². The molecule has 1 atom stereocenters. The maximum Gasteiger partial charge on any atom is 0.389 e. The van der Waals surface area contributed by atoms with Crippen molar-refractivity contribution in [3.63, 3.8) is 0 Å². The molecule has 1 unspecified atom stereocenters. The third-order valence-electron chi connectivity index (χ3n) is 2.17. The molecular weight excluding hydrogens is 237 g/mol. The molecule has 2 nitrogen and oxygen atoms in total. The summed E-state index contributed by atoms with van der Waals surface area (Å²) in [6.07, 6.45) is -4.68. The molecule has 0 saturated heterocycles. The number of nitrogens with zero attached hydrogens (tertiary/aromatic N) is 1. The minimum Gasteiger partial charge on any atom is -0.309 e. The van der Waals surface area contributed by atoms with Gasteiger partial charge in [0.25, 0.3) is 0 Å². The summed E-state index contributed by atoms with van der Waals surface area (Å²) in [5.74, 6) is 0. The van der Waals surface area contributed by atoms with Crippen molar-refractivity contribution in [2.75, 3.05) is 6.54 Å². The lowest BCUT2D eigenvalue weighted by Gasteiger charge is -2.12. The Hall–Kier alpha value is -0.620. The van der Waals surface area contributed by atoms with Gasteiger partial charge in [0, 0.05) is 17.8 Å². The first-order chi connectivity index (χ1) is 7.38. The number of aromatic nitrogens is 1. The third kappa shape index (κ3) is 4.94. The van der Waals surface area contributed by atoms with Crippen LogP contribution in [-0.2, 0) is 0 Å². The van der Waals surface area contributed by atoms with Crippen molar-refractivity contribution >= 4 is 11.3 Å². The van der Waals surface area contributed by atoms with Crippen LogP contribution in [-0.4, -0.2) is 17.7 Å². The molecular formula is C10H15F3N2S. The highest BCUT2D eigenvalue weighted by Crippen LogP contribution is 2.21. The topological polar surface area (TPSA) is 24.9 Å². The van der Waals surface area contributed by atoms with Gasteiger partial charge in [0.1, 0.15) is 0 Å². The van der Waals surface area contributed by atoms with Crippen LogP contribution in [0.15, 0.2) is 5.38 Å². The Morgan fingerprint density at radius 3 is 2.69 bits per heavy atom. The van der Waals surface area contributed by atoms with Gasteiger partial charge in [-0.2, -0.15) is 13.2 Å². The van der Waals surface area contributed by atoms with Crippen molar-refractivity contribution in [3.8, 4) is 0 Å². The van der Waals surface area contributed by atoms with E-state index >= 15 is 0 Å². The van der Waals surface area contributed by atoms with Gasteiger partial charge >= 0.3 is 6.18 Å². The van der Waals surface area contributed by atoms with Crippen LogP contribution >= 0.6 is 11.3 Å². The lowest BCUT2D eigenvalue weighted by molar-refractivity contribution is -0.135. The Bertz CT molecular complexity index is 322. The summed E-state index contributed by atoms with van der Waals surface area (Å²) in [5, 5.41) is 5.93. The maximum absolute atomic E-state index is 11.9. The highest BCUT2D eigenvalue weighted by Gasteiger charge is 2.25. The normalized spacial score (nSPS) is 14.1. The standard InChI is InChI=1S/C10H15F3N2S/c1-7(9-6-16-8(2)15-9)14-5-3-4-10(11,12)13/h6-7,14H,3-5H2,1-2H3. The molecule has 0 spiro atoms. The van der Waals surface area contributed by atoms with E-state index in [1.165, 1.54) is 0 Å². The first-order valence-electron chi connectivity index (χ1n) is 5.10. The van der Waals surface area contributed by atoms with E-state index in [0.29, 0.717) is 6.54 Å². The van der Waals surface area contributed by atoms with E-state index in [0.717, 1.165) is 10.7 Å². The van der Waals surface area contributed by atoms with Crippen molar-refractivity contribution in [1.82, 2.24) is 10.3 Å². The zero-order valence-corrected chi connectivity index (χ0v) is 10.1. The average molecular weight is 252 g/mol. The van der Waals surface area contributed by atoms with Crippen molar-refractivity contribution in [1.29, 1.82) is 0 Å². The van der Waals surface area contributed by atoms with Crippen LogP contribution in [0.4, 0.5) is 13.2 Å². The number of thiazole rings is 1. The van der Waals surface area contributed by atoms with Crippen LogP contribution < -0.4 is 5.32 Å². The number of aryl methyl sites for hydroxylation is 1. The first kappa shape index (κ1) is 13.4. The highest BCUT2D eigenvalue weighted by atomic mass is 32.1. The second kappa shape index (κ2) is 5.63. The summed E-state index contributed by atoms with van der Waals surface area (Å²) in [4.78, 5) is 4.27. The van der Waals surface area contributed by atoms with Gasteiger partial charge < -0.3 is 5.32 Å². The zero-order chi connectivity index (χ0) is 12.2. The van der Waals surface area contributed by atoms with Crippen LogP contribution in [0, 0.1) is 6.92 Å². The Morgan fingerprint density at radius 2 is 2.19 bits per heavy atom. The lowest BCUT2D eigenvalue weighted by atomic mass is 10.2. The molecule has 0 radical (unpaired) electrons. The summed E-state index contributed by atoms with van der Waals surface area (Å²) < 4.78 is 35.6. The summed E-state index contributed by atoms with van der Waals surface area (Å²) in [6.45, 7) is 4.17. The molecule has 1 heterocycles. The molecule has 0 aromatic carbocycles. The molecule has 1 N–H and O–H groups in total. The van der Waals surface area contributed by atoms with E-state index in [2.05, 4.69) is 10.3 Å². The molecule has 1 aromatic heterocycles. The molecule has 0 bridgehead atoms. The van der Waals surface area contributed by atoms with Crippen molar-refractivity contribution in [3.05, 3.63) is 16.1 Å². The monoisotopic (exact) mass is 252 g/mol. The van der Waals surface area contributed by atoms with Crippen molar-refractivity contribution in [2.45, 2.75) is 38.9 Å². The second-order valence-electron chi connectivity index (χ2n) is 3.69. The number of rotatable bonds is 5. The van der Waals surface area contributed by atoms with Crippen LogP contribution in [0.5, 0.6) is 0 Å². The van der Waals surface area contributed by atoms with E-state index in [-0.39, 0.29) is 12.5 Å². The fourth-order valence-electron chi connectivity index (χ4n) is 1.29. The SMILES string of the molecule is Cc1nc(C(C)NCCCC(F)(F)F)cs1. The Balaban J connectivity index is 2.23. The maximum atomic E-state index is 11.9. The Labute approximate surface area is 96.9 Å². The van der Waals surface area contributed by atoms with Crippen LogP contribution in [0.25, 0.3) is 0 Å². The molecule has 16 heavy (non-hydrogen) atoms. The predicted molar refractivity (Wildman–Crippen MR) is 58.6 cm³/mol. The number of hydrogen-bond donors (Lipinski definition) is 1. The molecule has 0 aliphatic heterocycles. The highest BCUT2D eigenvalue weighted by molar-refractivity contribution is 7.09. The molecule has 6 heteroatoms. The van der Waals surface area contributed by atoms with Gasteiger partial charge in [0.15, 0.2) is 0 Å². The number of nitrogens with one attached hydrogen (secondary N) is 1. The van der Waals surface area contributed by atoms with Crippen LogP contribution in [0.1, 0.15) is 36.5 Å². The van der Waals surface area contributed by atoms with E-state index in [4.69, 9.17) is 0 Å². The van der Waals surface area contributed by atoms with Gasteiger partial charge in [-0.1, -0.05) is 0 Å². The summed E-state index contributed by atoms with van der Waals surface area (Å²) >= 11 is 1.55. The van der Waals surface area contributed by atoms with Gasteiger partial charge in [-0.05, 0) is 26.8 Å². The molecule has 0 amide bonds. The van der Waals surface area contributed by atoms with Gasteiger partial charge in [-0.3, -0.25) is 0 Å². The minimum atomic E-state index is -4.05. The molecule has 0 saturated carbocycles. The van der Waals surface area contributed by atoms with Crippen LogP contribution in [0.3, 0.4) is 0 Å². The Morgan fingerprint density at radius 1 is 1.50 bits per heavy atom. The third-order valence-corrected chi connectivity index (χ3v) is 2.96. The fourth-order valence-corrected chi connectivity index (χ4v) is 2.00. The van der Waals surface area contributed by atoms with Crippen molar-refractivity contribution < 1.29 is 13.2 Å². The number of alkyl halides is 3. The summed E-state index contributed by atoms with van der Waals surface area (Å²) in [7, 11) is 0. The second-order valence-corrected chi connectivity index (χ2v) is 4.75. The van der Waals surface area contributed by atoms with Gasteiger partial charge in [-0.25, -0.2) is 4.98 Å². The molecule has 1 aromatic rings. The first-order valence-corrected chi connectivity index (χ1v) is 5.98. The van der Waals surface area contributed by atoms with Crippen molar-refractivity contribution in [2.24, 2.45) is 0 Å². The number of hydrogen-bond acceptors (Lipinski definition) is 3.